The summed E-state index contributed by atoms with van der Waals surface area (Å²) in [6.07, 6.45) is 0. The van der Waals surface area contributed by atoms with E-state index in [1.54, 1.807) is 0 Å². The Balaban J connectivity index is 0.00000225. The van der Waals surface area contributed by atoms with Gasteiger partial charge >= 0.3 is 39.8 Å². The summed E-state index contributed by atoms with van der Waals surface area (Å²) in [6.45, 7) is 0. The zero-order valence-corrected chi connectivity index (χ0v) is 11.5. The van der Waals surface area contributed by atoms with Crippen molar-refractivity contribution in [2.24, 2.45) is 0 Å². The Morgan fingerprint density at radius 2 is 1.62 bits per heavy atom. The average molecular weight is 290 g/mol. The SMILES string of the molecule is O=S([O-])c1cccc(S(F)(F)(F)(F)F)c1.[Na+]. The van der Waals surface area contributed by atoms with Crippen molar-refractivity contribution in [2.45, 2.75) is 9.79 Å². The van der Waals surface area contributed by atoms with E-state index < -0.39 is 31.1 Å². The average Bonchev–Trinajstić information content (AvgIpc) is 2.00. The van der Waals surface area contributed by atoms with E-state index in [2.05, 4.69) is 0 Å². The van der Waals surface area contributed by atoms with E-state index in [0.29, 0.717) is 6.07 Å². The molecule has 0 saturated carbocycles. The molecule has 0 aliphatic carbocycles. The first-order chi connectivity index (χ1) is 6.40. The van der Waals surface area contributed by atoms with Gasteiger partial charge < -0.3 is 4.55 Å². The quantitative estimate of drug-likeness (QED) is 0.454. The molecule has 0 saturated heterocycles. The van der Waals surface area contributed by atoms with Crippen molar-refractivity contribution < 1.29 is 57.7 Å². The van der Waals surface area contributed by atoms with Crippen LogP contribution >= 0.6 is 10.2 Å². The Morgan fingerprint density at radius 3 is 2.00 bits per heavy atom. The Morgan fingerprint density at radius 1 is 1.12 bits per heavy atom. The zero-order valence-electron chi connectivity index (χ0n) is 7.83. The van der Waals surface area contributed by atoms with Crippen molar-refractivity contribution in [3.05, 3.63) is 24.3 Å². The Labute approximate surface area is 113 Å². The minimum Gasteiger partial charge on any atom is -0.768 e. The molecule has 16 heavy (non-hydrogen) atoms. The summed E-state index contributed by atoms with van der Waals surface area (Å²) in [5.74, 6) is 0. The monoisotopic (exact) mass is 290 g/mol. The summed E-state index contributed by atoms with van der Waals surface area (Å²) in [4.78, 5) is -3.04. The minimum absolute atomic E-state index is 0. The smallest absolute Gasteiger partial charge is 0.768 e. The van der Waals surface area contributed by atoms with Crippen LogP contribution in [0.25, 0.3) is 0 Å². The first-order valence-electron chi connectivity index (χ1n) is 3.33. The molecule has 0 bridgehead atoms. The van der Waals surface area contributed by atoms with Gasteiger partial charge in [-0.1, -0.05) is 25.5 Å². The molecule has 0 spiro atoms. The van der Waals surface area contributed by atoms with E-state index in [9.17, 15) is 28.2 Å². The second kappa shape index (κ2) is 3.92. The van der Waals surface area contributed by atoms with Gasteiger partial charge in [0.1, 0.15) is 4.90 Å². The first-order valence-corrected chi connectivity index (χ1v) is 6.36. The standard InChI is InChI=1S/C6H5F5O2S2.Na/c7-15(8,9,10,11)6-3-1-2-5(4-6)14(12)13;/h1-4H,(H,12,13);/q;+1/p-1. The molecular formula is C6H4F5NaO2S2. The Kier molecular flexibility index (Phi) is 4.00. The van der Waals surface area contributed by atoms with Gasteiger partial charge in [0.05, 0.1) is 0 Å². The molecule has 0 amide bonds. The normalized spacial score (nSPS) is 17.9. The maximum atomic E-state index is 12.2. The third kappa shape index (κ3) is 4.30. The molecule has 1 rings (SSSR count). The van der Waals surface area contributed by atoms with Gasteiger partial charge in [0, 0.05) is 4.90 Å². The predicted octanol–water partition coefficient (Wildman–Crippen LogP) is 0.586. The van der Waals surface area contributed by atoms with Gasteiger partial charge in [0.15, 0.2) is 0 Å². The molecule has 0 heterocycles. The van der Waals surface area contributed by atoms with Crippen molar-refractivity contribution in [2.75, 3.05) is 0 Å². The Bertz CT molecular complexity index is 431. The number of hydrogen-bond acceptors (Lipinski definition) is 2. The van der Waals surface area contributed by atoms with E-state index in [-0.39, 0.29) is 41.7 Å². The van der Waals surface area contributed by atoms with E-state index in [0.717, 1.165) is 6.07 Å². The molecule has 0 aliphatic heterocycles. The van der Waals surface area contributed by atoms with Crippen LogP contribution < -0.4 is 29.6 Å². The van der Waals surface area contributed by atoms with Crippen LogP contribution in [0.3, 0.4) is 0 Å². The maximum absolute atomic E-state index is 12.2. The molecule has 0 radical (unpaired) electrons. The molecule has 0 aliphatic rings. The molecule has 1 aromatic rings. The zero-order chi connectivity index (χ0) is 12.0. The van der Waals surface area contributed by atoms with Crippen molar-refractivity contribution in [1.82, 2.24) is 0 Å². The van der Waals surface area contributed by atoms with Crippen LogP contribution in [0.15, 0.2) is 34.1 Å². The molecule has 1 aromatic carbocycles. The van der Waals surface area contributed by atoms with E-state index >= 15 is 0 Å². The van der Waals surface area contributed by atoms with Gasteiger partial charge in [0.25, 0.3) is 0 Å². The van der Waals surface area contributed by atoms with Crippen molar-refractivity contribution >= 4 is 21.3 Å². The molecule has 1 atom stereocenters. The minimum atomic E-state index is -9.79. The maximum Gasteiger partial charge on any atom is 1.00 e. The largest absolute Gasteiger partial charge is 1.00 e. The molecular weight excluding hydrogens is 286 g/mol. The van der Waals surface area contributed by atoms with Crippen LogP contribution in [0.4, 0.5) is 19.4 Å². The fourth-order valence-electron chi connectivity index (χ4n) is 0.818. The molecule has 2 nitrogen and oxygen atoms in total. The third-order valence-corrected chi connectivity index (χ3v) is 3.23. The van der Waals surface area contributed by atoms with Crippen molar-refractivity contribution in [3.8, 4) is 0 Å². The third-order valence-electron chi connectivity index (χ3n) is 1.44. The van der Waals surface area contributed by atoms with Crippen LogP contribution in [-0.4, -0.2) is 8.76 Å². The Hall–Kier alpha value is 0.330. The van der Waals surface area contributed by atoms with Crippen LogP contribution in [0.2, 0.25) is 0 Å². The van der Waals surface area contributed by atoms with Gasteiger partial charge in [0.2, 0.25) is 0 Å². The summed E-state index contributed by atoms with van der Waals surface area (Å²) in [7, 11) is -9.79. The summed E-state index contributed by atoms with van der Waals surface area (Å²) in [5, 5.41) is 0. The molecule has 1 unspecified atom stereocenters. The van der Waals surface area contributed by atoms with Gasteiger partial charge in [-0.2, -0.15) is 0 Å². The van der Waals surface area contributed by atoms with E-state index in [1.165, 1.54) is 0 Å². The second-order valence-corrected chi connectivity index (χ2v) is 6.03. The number of halogens is 5. The van der Waals surface area contributed by atoms with Crippen LogP contribution in [-0.2, 0) is 11.1 Å². The first kappa shape index (κ1) is 16.3. The van der Waals surface area contributed by atoms with E-state index in [1.807, 2.05) is 0 Å². The second-order valence-electron chi connectivity index (χ2n) is 2.68. The summed E-state index contributed by atoms with van der Waals surface area (Å²) >= 11 is -2.98. The summed E-state index contributed by atoms with van der Waals surface area (Å²) < 4.78 is 81.5. The number of hydrogen-bond donors (Lipinski definition) is 0. The topological polar surface area (TPSA) is 40.1 Å². The molecule has 0 fully saturated rings. The van der Waals surface area contributed by atoms with Crippen molar-refractivity contribution in [3.63, 3.8) is 0 Å². The van der Waals surface area contributed by atoms with Crippen LogP contribution in [0, 0.1) is 0 Å². The summed E-state index contributed by atoms with van der Waals surface area (Å²) in [6, 6.07) is 1.44. The molecule has 88 valence electrons. The van der Waals surface area contributed by atoms with Crippen LogP contribution in [0.5, 0.6) is 0 Å². The number of rotatable bonds is 2. The van der Waals surface area contributed by atoms with Gasteiger partial charge in [-0.25, -0.2) is 0 Å². The van der Waals surface area contributed by atoms with Gasteiger partial charge in [-0.3, -0.25) is 4.21 Å². The summed E-state index contributed by atoms with van der Waals surface area (Å²) in [5.41, 5.74) is 0. The van der Waals surface area contributed by atoms with E-state index in [4.69, 9.17) is 0 Å². The molecule has 10 heteroatoms. The fraction of sp³-hybridized carbons (Fsp3) is 0. The van der Waals surface area contributed by atoms with Gasteiger partial charge in [-0.15, -0.1) is 0 Å². The van der Waals surface area contributed by atoms with Crippen LogP contribution in [0.1, 0.15) is 0 Å². The van der Waals surface area contributed by atoms with Gasteiger partial charge in [-0.05, 0) is 29.3 Å². The predicted molar refractivity (Wildman–Crippen MR) is 45.0 cm³/mol. The fourth-order valence-corrected chi connectivity index (χ4v) is 1.99. The van der Waals surface area contributed by atoms with Crippen molar-refractivity contribution in [1.29, 1.82) is 0 Å². The molecule has 0 aromatic heterocycles. The molecule has 0 N–H and O–H groups in total. The number of benzene rings is 1.